The van der Waals surface area contributed by atoms with Crippen molar-refractivity contribution in [3.63, 3.8) is 0 Å². The standard InChI is InChI=1S/C15H16ClN3O2/c1-10(20)18-4-6-19(7-5-18)15(21)14-9-11-8-12(16)2-3-13(11)17-14/h2-3,8-9,17H,4-7H2,1H3. The molecule has 1 saturated heterocycles. The van der Waals surface area contributed by atoms with E-state index in [4.69, 9.17) is 11.6 Å². The Morgan fingerprint density at radius 3 is 2.43 bits per heavy atom. The molecule has 1 aromatic heterocycles. The Hall–Kier alpha value is -2.01. The van der Waals surface area contributed by atoms with Crippen molar-refractivity contribution in [3.05, 3.63) is 35.0 Å². The molecule has 1 aliphatic rings. The van der Waals surface area contributed by atoms with Gasteiger partial charge in [-0.25, -0.2) is 0 Å². The predicted octanol–water partition coefficient (Wildman–Crippen LogP) is 2.13. The minimum absolute atomic E-state index is 0.0366. The summed E-state index contributed by atoms with van der Waals surface area (Å²) in [4.78, 5) is 30.4. The van der Waals surface area contributed by atoms with Gasteiger partial charge in [0.05, 0.1) is 0 Å². The molecule has 3 rings (SSSR count). The van der Waals surface area contributed by atoms with E-state index in [1.54, 1.807) is 22.8 Å². The van der Waals surface area contributed by atoms with Gasteiger partial charge < -0.3 is 14.8 Å². The van der Waals surface area contributed by atoms with Gasteiger partial charge in [0.2, 0.25) is 5.91 Å². The zero-order chi connectivity index (χ0) is 15.0. The van der Waals surface area contributed by atoms with Crippen LogP contribution in [0.15, 0.2) is 24.3 Å². The minimum Gasteiger partial charge on any atom is -0.351 e. The number of nitrogens with one attached hydrogen (secondary N) is 1. The quantitative estimate of drug-likeness (QED) is 0.877. The maximum Gasteiger partial charge on any atom is 0.270 e. The molecule has 110 valence electrons. The topological polar surface area (TPSA) is 56.4 Å². The van der Waals surface area contributed by atoms with Gasteiger partial charge in [-0.2, -0.15) is 0 Å². The van der Waals surface area contributed by atoms with E-state index in [1.165, 1.54) is 0 Å². The normalized spacial score (nSPS) is 15.5. The van der Waals surface area contributed by atoms with Crippen LogP contribution in [0.25, 0.3) is 10.9 Å². The fourth-order valence-electron chi connectivity index (χ4n) is 2.61. The summed E-state index contributed by atoms with van der Waals surface area (Å²) in [5.41, 5.74) is 1.45. The van der Waals surface area contributed by atoms with Gasteiger partial charge in [-0.05, 0) is 24.3 Å². The predicted molar refractivity (Wildman–Crippen MR) is 81.5 cm³/mol. The number of benzene rings is 1. The fraction of sp³-hybridized carbons (Fsp3) is 0.333. The van der Waals surface area contributed by atoms with Crippen LogP contribution in [0.5, 0.6) is 0 Å². The third-order valence-corrected chi connectivity index (χ3v) is 4.06. The van der Waals surface area contributed by atoms with Crippen LogP contribution in [-0.4, -0.2) is 52.8 Å². The highest BCUT2D eigenvalue weighted by Gasteiger charge is 2.24. The smallest absolute Gasteiger partial charge is 0.270 e. The van der Waals surface area contributed by atoms with Gasteiger partial charge in [0.1, 0.15) is 5.69 Å². The van der Waals surface area contributed by atoms with E-state index < -0.39 is 0 Å². The SMILES string of the molecule is CC(=O)N1CCN(C(=O)c2cc3cc(Cl)ccc3[nH]2)CC1. The second-order valence-corrected chi connectivity index (χ2v) is 5.65. The average Bonchev–Trinajstić information content (AvgIpc) is 2.89. The molecule has 2 aromatic rings. The molecule has 0 aliphatic carbocycles. The summed E-state index contributed by atoms with van der Waals surface area (Å²) >= 11 is 5.96. The highest BCUT2D eigenvalue weighted by molar-refractivity contribution is 6.31. The molecular weight excluding hydrogens is 290 g/mol. The van der Waals surface area contributed by atoms with E-state index in [9.17, 15) is 9.59 Å². The van der Waals surface area contributed by atoms with Crippen LogP contribution < -0.4 is 0 Å². The summed E-state index contributed by atoms with van der Waals surface area (Å²) in [6, 6.07) is 7.31. The first kappa shape index (κ1) is 13.9. The van der Waals surface area contributed by atoms with Crippen molar-refractivity contribution in [3.8, 4) is 0 Å². The van der Waals surface area contributed by atoms with Crippen LogP contribution in [0.2, 0.25) is 5.02 Å². The van der Waals surface area contributed by atoms with Crippen molar-refractivity contribution in [1.82, 2.24) is 14.8 Å². The Kier molecular flexibility index (Phi) is 3.59. The molecule has 1 fully saturated rings. The first-order valence-corrected chi connectivity index (χ1v) is 7.25. The number of H-pyrrole nitrogens is 1. The molecule has 0 atom stereocenters. The second kappa shape index (κ2) is 5.41. The molecule has 0 bridgehead atoms. The average molecular weight is 306 g/mol. The molecule has 6 heteroatoms. The molecule has 2 heterocycles. The molecule has 0 unspecified atom stereocenters. The van der Waals surface area contributed by atoms with Crippen LogP contribution in [0.4, 0.5) is 0 Å². The molecule has 0 radical (unpaired) electrons. The molecule has 1 aliphatic heterocycles. The number of hydrogen-bond donors (Lipinski definition) is 1. The molecule has 1 aromatic carbocycles. The number of nitrogens with zero attached hydrogens (tertiary/aromatic N) is 2. The summed E-state index contributed by atoms with van der Waals surface area (Å²) in [6.07, 6.45) is 0. The lowest BCUT2D eigenvalue weighted by molar-refractivity contribution is -0.130. The zero-order valence-corrected chi connectivity index (χ0v) is 12.5. The fourth-order valence-corrected chi connectivity index (χ4v) is 2.79. The first-order valence-electron chi connectivity index (χ1n) is 6.87. The Bertz CT molecular complexity index is 702. The van der Waals surface area contributed by atoms with Crippen molar-refractivity contribution in [1.29, 1.82) is 0 Å². The Labute approximate surface area is 127 Å². The highest BCUT2D eigenvalue weighted by atomic mass is 35.5. The molecule has 1 N–H and O–H groups in total. The lowest BCUT2D eigenvalue weighted by Gasteiger charge is -2.33. The highest BCUT2D eigenvalue weighted by Crippen LogP contribution is 2.21. The lowest BCUT2D eigenvalue weighted by Crippen LogP contribution is -2.50. The van der Waals surface area contributed by atoms with E-state index in [-0.39, 0.29) is 11.8 Å². The van der Waals surface area contributed by atoms with E-state index >= 15 is 0 Å². The maximum atomic E-state index is 12.5. The zero-order valence-electron chi connectivity index (χ0n) is 11.7. The summed E-state index contributed by atoms with van der Waals surface area (Å²) in [5.74, 6) is 0.0212. The van der Waals surface area contributed by atoms with Gasteiger partial charge >= 0.3 is 0 Å². The van der Waals surface area contributed by atoms with Crippen LogP contribution in [0.1, 0.15) is 17.4 Å². The van der Waals surface area contributed by atoms with Crippen LogP contribution >= 0.6 is 11.6 Å². The number of halogens is 1. The number of carbonyl (C=O) groups excluding carboxylic acids is 2. The van der Waals surface area contributed by atoms with E-state index in [2.05, 4.69) is 4.98 Å². The van der Waals surface area contributed by atoms with E-state index in [1.807, 2.05) is 18.2 Å². The van der Waals surface area contributed by atoms with E-state index in [0.29, 0.717) is 36.9 Å². The largest absolute Gasteiger partial charge is 0.351 e. The van der Waals surface area contributed by atoms with Gasteiger partial charge in [0, 0.05) is 49.0 Å². The summed E-state index contributed by atoms with van der Waals surface area (Å²) in [5, 5.41) is 1.57. The van der Waals surface area contributed by atoms with Gasteiger partial charge in [-0.1, -0.05) is 11.6 Å². The number of rotatable bonds is 1. The third kappa shape index (κ3) is 2.74. The number of fused-ring (bicyclic) bond motifs is 1. The van der Waals surface area contributed by atoms with Crippen molar-refractivity contribution in [2.45, 2.75) is 6.92 Å². The number of carbonyl (C=O) groups is 2. The Balaban J connectivity index is 1.76. The lowest BCUT2D eigenvalue weighted by atomic mass is 10.2. The molecule has 5 nitrogen and oxygen atoms in total. The number of amides is 2. The summed E-state index contributed by atoms with van der Waals surface area (Å²) in [7, 11) is 0. The first-order chi connectivity index (χ1) is 10.0. The van der Waals surface area contributed by atoms with Gasteiger partial charge in [-0.15, -0.1) is 0 Å². The second-order valence-electron chi connectivity index (χ2n) is 5.21. The summed E-state index contributed by atoms with van der Waals surface area (Å²) in [6.45, 7) is 3.86. The van der Waals surface area contributed by atoms with Crippen molar-refractivity contribution in [2.75, 3.05) is 26.2 Å². The maximum absolute atomic E-state index is 12.5. The minimum atomic E-state index is -0.0366. The van der Waals surface area contributed by atoms with Gasteiger partial charge in [-0.3, -0.25) is 9.59 Å². The van der Waals surface area contributed by atoms with Crippen LogP contribution in [0.3, 0.4) is 0 Å². The van der Waals surface area contributed by atoms with Crippen LogP contribution in [0, 0.1) is 0 Å². The van der Waals surface area contributed by atoms with Crippen LogP contribution in [-0.2, 0) is 4.79 Å². The Morgan fingerprint density at radius 2 is 1.76 bits per heavy atom. The molecule has 0 saturated carbocycles. The molecule has 2 amide bonds. The molecular formula is C15H16ClN3O2. The van der Waals surface area contributed by atoms with Crippen molar-refractivity contribution in [2.24, 2.45) is 0 Å². The van der Waals surface area contributed by atoms with Gasteiger partial charge in [0.15, 0.2) is 0 Å². The molecule has 0 spiro atoms. The monoisotopic (exact) mass is 305 g/mol. The van der Waals surface area contributed by atoms with Gasteiger partial charge in [0.25, 0.3) is 5.91 Å². The van der Waals surface area contributed by atoms with Crippen molar-refractivity contribution >= 4 is 34.3 Å². The number of aromatic nitrogens is 1. The number of piperazine rings is 1. The van der Waals surface area contributed by atoms with E-state index in [0.717, 1.165) is 10.9 Å². The van der Waals surface area contributed by atoms with Crippen molar-refractivity contribution < 1.29 is 9.59 Å². The number of aromatic amines is 1. The third-order valence-electron chi connectivity index (χ3n) is 3.83. The summed E-state index contributed by atoms with van der Waals surface area (Å²) < 4.78 is 0. The Morgan fingerprint density at radius 1 is 1.10 bits per heavy atom. The number of hydrogen-bond acceptors (Lipinski definition) is 2. The molecule has 21 heavy (non-hydrogen) atoms.